The summed E-state index contributed by atoms with van der Waals surface area (Å²) in [6.45, 7) is 7.32. The van der Waals surface area contributed by atoms with E-state index in [4.69, 9.17) is 14.2 Å². The van der Waals surface area contributed by atoms with E-state index >= 15 is 0 Å². The lowest BCUT2D eigenvalue weighted by atomic mass is 10.0. The van der Waals surface area contributed by atoms with Crippen LogP contribution in [-0.2, 0) is 4.74 Å². The molecule has 5 nitrogen and oxygen atoms in total. The summed E-state index contributed by atoms with van der Waals surface area (Å²) >= 11 is 0. The molecule has 5 heteroatoms. The summed E-state index contributed by atoms with van der Waals surface area (Å²) in [6, 6.07) is 22.0. The molecule has 3 rings (SSSR count). The van der Waals surface area contributed by atoms with Crippen molar-refractivity contribution in [2.75, 3.05) is 6.61 Å². The number of carbonyl (C=O) groups excluding carboxylic acids is 2. The molecular weight excluding hydrogens is 548 g/mol. The summed E-state index contributed by atoms with van der Waals surface area (Å²) in [5.74, 6) is 0.485. The second kappa shape index (κ2) is 20.4. The van der Waals surface area contributed by atoms with E-state index in [2.05, 4.69) is 20.8 Å². The molecule has 0 fully saturated rings. The third kappa shape index (κ3) is 12.6. The zero-order valence-electron chi connectivity index (χ0n) is 27.2. The SMILES string of the molecule is CCCCCCCCOc1ccc(-c2ccc(C(=O)Oc3ccc(C(=O)O[C@H](CCCC)CCCCCC)cc3)cc2)cc1. The molecule has 0 bridgehead atoms. The molecule has 0 aromatic heterocycles. The Morgan fingerprint density at radius 2 is 1.00 bits per heavy atom. The van der Waals surface area contributed by atoms with Crippen LogP contribution in [-0.4, -0.2) is 24.6 Å². The van der Waals surface area contributed by atoms with Gasteiger partial charge in [-0.25, -0.2) is 9.59 Å². The molecule has 0 N–H and O–H groups in total. The van der Waals surface area contributed by atoms with Gasteiger partial charge in [0.2, 0.25) is 0 Å². The summed E-state index contributed by atoms with van der Waals surface area (Å²) in [5.41, 5.74) is 2.98. The van der Waals surface area contributed by atoms with Gasteiger partial charge < -0.3 is 14.2 Å². The second-order valence-corrected chi connectivity index (χ2v) is 11.7. The smallest absolute Gasteiger partial charge is 0.343 e. The largest absolute Gasteiger partial charge is 0.494 e. The predicted molar refractivity (Wildman–Crippen MR) is 180 cm³/mol. The number of benzene rings is 3. The van der Waals surface area contributed by atoms with Crippen molar-refractivity contribution < 1.29 is 23.8 Å². The molecule has 0 heterocycles. The lowest BCUT2D eigenvalue weighted by Gasteiger charge is -2.18. The van der Waals surface area contributed by atoms with Gasteiger partial charge in [-0.3, -0.25) is 0 Å². The minimum Gasteiger partial charge on any atom is -0.494 e. The lowest BCUT2D eigenvalue weighted by Crippen LogP contribution is -2.18. The summed E-state index contributed by atoms with van der Waals surface area (Å²) in [5, 5.41) is 0. The highest BCUT2D eigenvalue weighted by Gasteiger charge is 2.16. The predicted octanol–water partition coefficient (Wildman–Crippen LogP) is 11.0. The lowest BCUT2D eigenvalue weighted by molar-refractivity contribution is 0.0250. The minimum absolute atomic E-state index is 0.0547. The third-order valence-corrected chi connectivity index (χ3v) is 7.91. The fourth-order valence-electron chi connectivity index (χ4n) is 5.15. The van der Waals surface area contributed by atoms with Gasteiger partial charge in [0.1, 0.15) is 17.6 Å². The van der Waals surface area contributed by atoms with Crippen LogP contribution in [0.4, 0.5) is 0 Å². The fourth-order valence-corrected chi connectivity index (χ4v) is 5.15. The number of carbonyl (C=O) groups is 2. The van der Waals surface area contributed by atoms with E-state index in [1.165, 1.54) is 51.4 Å². The first kappa shape index (κ1) is 34.9. The Labute approximate surface area is 265 Å². The van der Waals surface area contributed by atoms with Crippen molar-refractivity contribution in [2.24, 2.45) is 0 Å². The Morgan fingerprint density at radius 1 is 0.523 bits per heavy atom. The minimum atomic E-state index is -0.447. The van der Waals surface area contributed by atoms with Gasteiger partial charge in [-0.15, -0.1) is 0 Å². The molecule has 3 aromatic rings. The van der Waals surface area contributed by atoms with Crippen LogP contribution in [0.2, 0.25) is 0 Å². The molecule has 0 aliphatic heterocycles. The molecule has 0 aliphatic rings. The number of hydrogen-bond donors (Lipinski definition) is 0. The van der Waals surface area contributed by atoms with Crippen molar-refractivity contribution in [2.45, 2.75) is 117 Å². The Balaban J connectivity index is 1.47. The third-order valence-electron chi connectivity index (χ3n) is 7.91. The quantitative estimate of drug-likeness (QED) is 0.0691. The van der Waals surface area contributed by atoms with Gasteiger partial charge in [-0.2, -0.15) is 0 Å². The zero-order valence-corrected chi connectivity index (χ0v) is 27.2. The number of esters is 2. The van der Waals surface area contributed by atoms with Crippen molar-refractivity contribution >= 4 is 11.9 Å². The molecule has 0 saturated carbocycles. The summed E-state index contributed by atoms with van der Waals surface area (Å²) in [6.07, 6.45) is 16.0. The number of rotatable bonds is 21. The molecule has 0 unspecified atom stereocenters. The number of hydrogen-bond acceptors (Lipinski definition) is 5. The van der Waals surface area contributed by atoms with Gasteiger partial charge in [0, 0.05) is 0 Å². The average Bonchev–Trinajstić information content (AvgIpc) is 3.05. The fraction of sp³-hybridized carbons (Fsp3) is 0.487. The molecule has 3 aromatic carbocycles. The number of unbranched alkanes of at least 4 members (excludes halogenated alkanes) is 9. The van der Waals surface area contributed by atoms with Crippen LogP contribution in [0.15, 0.2) is 72.8 Å². The highest BCUT2D eigenvalue weighted by Crippen LogP contribution is 2.24. The first-order chi connectivity index (χ1) is 21.5. The molecule has 0 spiro atoms. The van der Waals surface area contributed by atoms with Crippen LogP contribution < -0.4 is 9.47 Å². The highest BCUT2D eigenvalue weighted by molar-refractivity contribution is 5.92. The molecule has 44 heavy (non-hydrogen) atoms. The van der Waals surface area contributed by atoms with E-state index in [1.807, 2.05) is 36.4 Å². The molecule has 238 valence electrons. The second-order valence-electron chi connectivity index (χ2n) is 11.7. The maximum atomic E-state index is 12.8. The number of ether oxygens (including phenoxy) is 3. The van der Waals surface area contributed by atoms with Crippen molar-refractivity contribution in [1.82, 2.24) is 0 Å². The first-order valence-electron chi connectivity index (χ1n) is 16.9. The summed E-state index contributed by atoms with van der Waals surface area (Å²) in [4.78, 5) is 25.6. The van der Waals surface area contributed by atoms with Crippen LogP contribution in [0.25, 0.3) is 11.1 Å². The first-order valence-corrected chi connectivity index (χ1v) is 16.9. The van der Waals surface area contributed by atoms with Crippen molar-refractivity contribution in [3.05, 3.63) is 83.9 Å². The van der Waals surface area contributed by atoms with Gasteiger partial charge in [0.15, 0.2) is 0 Å². The van der Waals surface area contributed by atoms with Crippen LogP contribution >= 0.6 is 0 Å². The molecule has 0 amide bonds. The van der Waals surface area contributed by atoms with Gasteiger partial charge in [0.25, 0.3) is 0 Å². The highest BCUT2D eigenvalue weighted by atomic mass is 16.5. The Bertz CT molecular complexity index is 1210. The van der Waals surface area contributed by atoms with E-state index in [-0.39, 0.29) is 12.1 Å². The molecule has 1 atom stereocenters. The van der Waals surface area contributed by atoms with Crippen molar-refractivity contribution in [3.63, 3.8) is 0 Å². The monoisotopic (exact) mass is 600 g/mol. The molecule has 0 radical (unpaired) electrons. The van der Waals surface area contributed by atoms with E-state index in [0.29, 0.717) is 16.9 Å². The Kier molecular flexibility index (Phi) is 16.2. The van der Waals surface area contributed by atoms with Crippen LogP contribution in [0.3, 0.4) is 0 Å². The van der Waals surface area contributed by atoms with Gasteiger partial charge in [-0.05, 0) is 85.3 Å². The zero-order chi connectivity index (χ0) is 31.4. The summed E-state index contributed by atoms with van der Waals surface area (Å²) in [7, 11) is 0. The van der Waals surface area contributed by atoms with Crippen LogP contribution in [0.5, 0.6) is 11.5 Å². The Hall–Kier alpha value is -3.60. The van der Waals surface area contributed by atoms with Gasteiger partial charge in [0.05, 0.1) is 17.7 Å². The van der Waals surface area contributed by atoms with Crippen molar-refractivity contribution in [1.29, 1.82) is 0 Å². The van der Waals surface area contributed by atoms with Crippen LogP contribution in [0, 0.1) is 0 Å². The average molecular weight is 601 g/mol. The summed E-state index contributed by atoms with van der Waals surface area (Å²) < 4.78 is 17.3. The van der Waals surface area contributed by atoms with Gasteiger partial charge in [-0.1, -0.05) is 109 Å². The Morgan fingerprint density at radius 3 is 1.64 bits per heavy atom. The maximum absolute atomic E-state index is 12.8. The van der Waals surface area contributed by atoms with E-state index in [9.17, 15) is 9.59 Å². The topological polar surface area (TPSA) is 61.8 Å². The maximum Gasteiger partial charge on any atom is 0.343 e. The van der Waals surface area contributed by atoms with E-state index in [0.717, 1.165) is 62.0 Å². The normalized spacial score (nSPS) is 11.6. The van der Waals surface area contributed by atoms with Gasteiger partial charge >= 0.3 is 11.9 Å². The van der Waals surface area contributed by atoms with E-state index < -0.39 is 5.97 Å². The van der Waals surface area contributed by atoms with E-state index in [1.54, 1.807) is 36.4 Å². The molecular formula is C39H52O5. The standard InChI is InChI=1S/C39H52O5/c1-4-7-10-12-13-15-30-42-35-26-22-32(23-27-35)31-18-20-33(21-19-31)38(40)44-37-28-24-34(25-29-37)39(41)43-36(16-9-6-3)17-14-11-8-5-2/h18-29,36H,4-17,30H2,1-3H3/t36-/m1/s1. The molecule has 0 saturated heterocycles. The van der Waals surface area contributed by atoms with Crippen molar-refractivity contribution in [3.8, 4) is 22.6 Å². The van der Waals surface area contributed by atoms with Crippen LogP contribution in [0.1, 0.15) is 131 Å². The molecule has 0 aliphatic carbocycles.